The van der Waals surface area contributed by atoms with E-state index in [0.29, 0.717) is 0 Å². The van der Waals surface area contributed by atoms with Crippen LogP contribution in [0.3, 0.4) is 0 Å². The van der Waals surface area contributed by atoms with Gasteiger partial charge in [-0.05, 0) is 67.0 Å². The fraction of sp³-hybridized carbons (Fsp3) is 0.500. The van der Waals surface area contributed by atoms with Gasteiger partial charge >= 0.3 is 0 Å². The molecule has 0 aliphatic carbocycles. The molecule has 0 radical (unpaired) electrons. The molecule has 130 valence electrons. The van der Waals surface area contributed by atoms with E-state index in [9.17, 15) is 4.79 Å². The van der Waals surface area contributed by atoms with Gasteiger partial charge < -0.3 is 14.7 Å². The van der Waals surface area contributed by atoms with Crippen LogP contribution in [0.4, 0.5) is 5.69 Å². The Balaban J connectivity index is 1.54. The van der Waals surface area contributed by atoms with Crippen LogP contribution in [-0.2, 0) is 17.6 Å². The van der Waals surface area contributed by atoms with E-state index in [1.54, 1.807) is 0 Å². The number of carbonyl (C=O) groups is 1. The third-order valence-electron chi connectivity index (χ3n) is 5.83. The summed E-state index contributed by atoms with van der Waals surface area (Å²) in [5, 5.41) is 0. The average Bonchev–Trinajstić information content (AvgIpc) is 2.93. The van der Waals surface area contributed by atoms with Gasteiger partial charge in [-0.1, -0.05) is 0 Å². The molecule has 25 heavy (non-hydrogen) atoms. The van der Waals surface area contributed by atoms with Gasteiger partial charge in [0.25, 0.3) is 5.91 Å². The predicted molar refractivity (Wildman–Crippen MR) is 99.7 cm³/mol. The Bertz CT molecular complexity index is 779. The van der Waals surface area contributed by atoms with Crippen molar-refractivity contribution in [3.8, 4) is 0 Å². The first-order valence-corrected chi connectivity index (χ1v) is 9.45. The molecule has 0 saturated carbocycles. The van der Waals surface area contributed by atoms with E-state index < -0.39 is 0 Å². The first kappa shape index (κ1) is 15.0. The van der Waals surface area contributed by atoms with Gasteiger partial charge in [0.05, 0.1) is 0 Å². The summed E-state index contributed by atoms with van der Waals surface area (Å²) in [5.74, 6) is 0.713. The molecule has 1 fully saturated rings. The number of carbonyl (C=O) groups excluding carboxylic acids is 1. The number of nitrogens with zero attached hydrogens (tertiary/aromatic N) is 4. The number of rotatable bonds is 1. The summed E-state index contributed by atoms with van der Waals surface area (Å²) in [6.07, 6.45) is 7.88. The number of aryl methyl sites for hydroxylation is 2. The second-order valence-electron chi connectivity index (χ2n) is 7.56. The van der Waals surface area contributed by atoms with E-state index in [4.69, 9.17) is 0 Å². The van der Waals surface area contributed by atoms with Gasteiger partial charge in [0.1, 0.15) is 5.70 Å². The third-order valence-corrected chi connectivity index (χ3v) is 5.83. The number of hydrogen-bond donors (Lipinski definition) is 0. The molecule has 4 aliphatic heterocycles. The standard InChI is InChI=1S/C20H24N4O/c1-22-7-4-10-24-17(19(25)21-20(22)24)13-14-11-15-5-2-8-23-9-3-6-16(12-14)18(15)23/h11-13H,2-10H2,1H3/b17-13+. The van der Waals surface area contributed by atoms with Gasteiger partial charge in [0.2, 0.25) is 5.96 Å². The molecule has 1 aromatic rings. The summed E-state index contributed by atoms with van der Waals surface area (Å²) >= 11 is 0. The molecule has 1 saturated heterocycles. The molecular weight excluding hydrogens is 312 g/mol. The first-order chi connectivity index (χ1) is 12.2. The molecule has 1 aromatic carbocycles. The molecule has 5 nitrogen and oxygen atoms in total. The van der Waals surface area contributed by atoms with Crippen molar-refractivity contribution < 1.29 is 4.79 Å². The zero-order chi connectivity index (χ0) is 17.0. The fourth-order valence-electron chi connectivity index (χ4n) is 4.72. The van der Waals surface area contributed by atoms with Gasteiger partial charge in [0.15, 0.2) is 0 Å². The van der Waals surface area contributed by atoms with Gasteiger partial charge in [-0.3, -0.25) is 4.79 Å². The Hall–Kier alpha value is -2.30. The van der Waals surface area contributed by atoms with Crippen LogP contribution in [-0.4, -0.2) is 54.9 Å². The number of benzene rings is 1. The van der Waals surface area contributed by atoms with Crippen LogP contribution in [0, 0.1) is 0 Å². The fourth-order valence-corrected chi connectivity index (χ4v) is 4.72. The minimum absolute atomic E-state index is 0.100. The lowest BCUT2D eigenvalue weighted by Gasteiger charge is -2.37. The molecule has 0 spiro atoms. The highest BCUT2D eigenvalue weighted by Gasteiger charge is 2.34. The van der Waals surface area contributed by atoms with Crippen LogP contribution >= 0.6 is 0 Å². The molecule has 0 aromatic heterocycles. The Morgan fingerprint density at radius 1 is 1.00 bits per heavy atom. The summed E-state index contributed by atoms with van der Waals surface area (Å²) in [4.78, 5) is 23.5. The molecule has 0 bridgehead atoms. The van der Waals surface area contributed by atoms with Crippen molar-refractivity contribution >= 4 is 23.6 Å². The Morgan fingerprint density at radius 3 is 2.44 bits per heavy atom. The van der Waals surface area contributed by atoms with Crippen LogP contribution in [0.2, 0.25) is 0 Å². The number of anilines is 1. The van der Waals surface area contributed by atoms with Crippen LogP contribution in [0.15, 0.2) is 22.8 Å². The molecular formula is C20H24N4O. The predicted octanol–water partition coefficient (Wildman–Crippen LogP) is 2.26. The lowest BCUT2D eigenvalue weighted by atomic mass is 9.90. The molecule has 0 atom stereocenters. The van der Waals surface area contributed by atoms with Crippen molar-refractivity contribution in [1.82, 2.24) is 9.80 Å². The van der Waals surface area contributed by atoms with Crippen LogP contribution in [0.25, 0.3) is 6.08 Å². The quantitative estimate of drug-likeness (QED) is 0.738. The van der Waals surface area contributed by atoms with Gasteiger partial charge in [-0.15, -0.1) is 0 Å². The maximum Gasteiger partial charge on any atom is 0.296 e. The van der Waals surface area contributed by atoms with Crippen molar-refractivity contribution in [3.05, 3.63) is 34.5 Å². The Kier molecular flexibility index (Phi) is 3.37. The lowest BCUT2D eigenvalue weighted by Crippen LogP contribution is -2.45. The number of hydrogen-bond acceptors (Lipinski definition) is 4. The van der Waals surface area contributed by atoms with Gasteiger partial charge in [-0.2, -0.15) is 4.99 Å². The second-order valence-corrected chi connectivity index (χ2v) is 7.56. The van der Waals surface area contributed by atoms with E-state index >= 15 is 0 Å². The van der Waals surface area contributed by atoms with Crippen molar-refractivity contribution in [2.75, 3.05) is 38.1 Å². The zero-order valence-corrected chi connectivity index (χ0v) is 14.8. The maximum atomic E-state index is 12.5. The summed E-state index contributed by atoms with van der Waals surface area (Å²) in [6, 6.07) is 4.59. The maximum absolute atomic E-state index is 12.5. The Morgan fingerprint density at radius 2 is 1.72 bits per heavy atom. The highest BCUT2D eigenvalue weighted by Crippen LogP contribution is 2.37. The molecule has 0 unspecified atom stereocenters. The van der Waals surface area contributed by atoms with Crippen molar-refractivity contribution in [1.29, 1.82) is 0 Å². The second kappa shape index (κ2) is 5.61. The number of fused-ring (bicyclic) bond motifs is 1. The third kappa shape index (κ3) is 2.36. The molecule has 4 heterocycles. The van der Waals surface area contributed by atoms with E-state index in [2.05, 4.69) is 37.9 Å². The normalized spacial score (nSPS) is 23.7. The topological polar surface area (TPSA) is 39.1 Å². The van der Waals surface area contributed by atoms with E-state index in [0.717, 1.165) is 49.6 Å². The summed E-state index contributed by atoms with van der Waals surface area (Å²) in [6.45, 7) is 4.23. The average molecular weight is 336 g/mol. The molecule has 1 amide bonds. The van der Waals surface area contributed by atoms with Crippen LogP contribution in [0.1, 0.15) is 36.0 Å². The molecule has 4 aliphatic rings. The van der Waals surface area contributed by atoms with Crippen LogP contribution in [0.5, 0.6) is 0 Å². The highest BCUT2D eigenvalue weighted by molar-refractivity contribution is 6.12. The van der Waals surface area contributed by atoms with Gasteiger partial charge in [-0.25, -0.2) is 0 Å². The molecule has 0 N–H and O–H groups in total. The lowest BCUT2D eigenvalue weighted by molar-refractivity contribution is -0.114. The van der Waals surface area contributed by atoms with Crippen molar-refractivity contribution in [2.24, 2.45) is 4.99 Å². The van der Waals surface area contributed by atoms with E-state index in [1.165, 1.54) is 42.7 Å². The van der Waals surface area contributed by atoms with Crippen LogP contribution < -0.4 is 4.90 Å². The summed E-state index contributed by atoms with van der Waals surface area (Å²) < 4.78 is 0. The molecule has 5 rings (SSSR count). The number of aliphatic imine (C=N–C) groups is 1. The molecule has 5 heteroatoms. The van der Waals surface area contributed by atoms with Crippen molar-refractivity contribution in [3.63, 3.8) is 0 Å². The number of guanidine groups is 1. The van der Waals surface area contributed by atoms with E-state index in [1.807, 2.05) is 7.05 Å². The minimum Gasteiger partial charge on any atom is -0.371 e. The number of amides is 1. The van der Waals surface area contributed by atoms with Crippen molar-refractivity contribution in [2.45, 2.75) is 32.1 Å². The van der Waals surface area contributed by atoms with Gasteiger partial charge in [0, 0.05) is 38.9 Å². The monoisotopic (exact) mass is 336 g/mol. The summed E-state index contributed by atoms with van der Waals surface area (Å²) in [5.41, 5.74) is 6.28. The minimum atomic E-state index is -0.100. The SMILES string of the molecule is CN1CCCN2C1=NC(=O)/C2=C\c1cc2c3c(c1)CCCN3CCC2. The Labute approximate surface area is 148 Å². The van der Waals surface area contributed by atoms with E-state index in [-0.39, 0.29) is 5.91 Å². The zero-order valence-electron chi connectivity index (χ0n) is 14.8. The highest BCUT2D eigenvalue weighted by atomic mass is 16.2. The smallest absolute Gasteiger partial charge is 0.296 e. The first-order valence-electron chi connectivity index (χ1n) is 9.45. The largest absolute Gasteiger partial charge is 0.371 e. The summed E-state index contributed by atoms with van der Waals surface area (Å²) in [7, 11) is 2.01.